The molecule has 0 saturated carbocycles. The Bertz CT molecular complexity index is 639. The zero-order valence-corrected chi connectivity index (χ0v) is 12.5. The number of benzene rings is 1. The van der Waals surface area contributed by atoms with Gasteiger partial charge in [0.25, 0.3) is 0 Å². The van der Waals surface area contributed by atoms with Crippen molar-refractivity contribution in [3.05, 3.63) is 46.6 Å². The number of halogens is 1. The molecule has 0 spiro atoms. The van der Waals surface area contributed by atoms with Crippen LogP contribution in [0.3, 0.4) is 0 Å². The Morgan fingerprint density at radius 3 is 2.81 bits per heavy atom. The SMILES string of the molecule is Cc1nc(C2CC(=O)N(CCc3ccc(Cl)cc3)C2)no1. The topological polar surface area (TPSA) is 59.2 Å². The summed E-state index contributed by atoms with van der Waals surface area (Å²) in [7, 11) is 0. The van der Waals surface area contributed by atoms with Gasteiger partial charge in [-0.25, -0.2) is 0 Å². The Kier molecular flexibility index (Phi) is 3.92. The van der Waals surface area contributed by atoms with E-state index in [1.807, 2.05) is 29.2 Å². The Labute approximate surface area is 127 Å². The molecule has 1 fully saturated rings. The molecule has 0 radical (unpaired) electrons. The van der Waals surface area contributed by atoms with Crippen molar-refractivity contribution in [1.82, 2.24) is 15.0 Å². The molecule has 1 aliphatic rings. The lowest BCUT2D eigenvalue weighted by Crippen LogP contribution is -2.27. The number of carbonyl (C=O) groups excluding carboxylic acids is 1. The van der Waals surface area contributed by atoms with Crippen LogP contribution in [0.25, 0.3) is 0 Å². The molecule has 0 aliphatic carbocycles. The van der Waals surface area contributed by atoms with Gasteiger partial charge in [0.1, 0.15) is 0 Å². The smallest absolute Gasteiger partial charge is 0.223 e. The maximum Gasteiger partial charge on any atom is 0.223 e. The van der Waals surface area contributed by atoms with Gasteiger partial charge in [0.05, 0.1) is 0 Å². The van der Waals surface area contributed by atoms with Crippen LogP contribution in [0.2, 0.25) is 5.02 Å². The number of nitrogens with zero attached hydrogens (tertiary/aromatic N) is 3. The van der Waals surface area contributed by atoms with Crippen molar-refractivity contribution in [2.45, 2.75) is 25.7 Å². The molecule has 1 aromatic heterocycles. The van der Waals surface area contributed by atoms with E-state index in [9.17, 15) is 4.79 Å². The Morgan fingerprint density at radius 2 is 2.14 bits per heavy atom. The summed E-state index contributed by atoms with van der Waals surface area (Å²) < 4.78 is 4.98. The van der Waals surface area contributed by atoms with E-state index in [1.165, 1.54) is 5.56 Å². The minimum atomic E-state index is 0.0418. The number of amides is 1. The Morgan fingerprint density at radius 1 is 1.38 bits per heavy atom. The second-order valence-corrected chi connectivity index (χ2v) is 5.73. The van der Waals surface area contributed by atoms with E-state index < -0.39 is 0 Å². The summed E-state index contributed by atoms with van der Waals surface area (Å²) in [5, 5.41) is 4.64. The molecule has 1 aliphatic heterocycles. The van der Waals surface area contributed by atoms with E-state index >= 15 is 0 Å². The van der Waals surface area contributed by atoms with Crippen LogP contribution >= 0.6 is 11.6 Å². The summed E-state index contributed by atoms with van der Waals surface area (Å²) in [6.07, 6.45) is 1.28. The lowest BCUT2D eigenvalue weighted by Gasteiger charge is -2.15. The maximum absolute atomic E-state index is 12.1. The minimum Gasteiger partial charge on any atom is -0.342 e. The van der Waals surface area contributed by atoms with Crippen LogP contribution in [0, 0.1) is 6.92 Å². The molecule has 1 amide bonds. The number of likely N-dealkylation sites (tertiary alicyclic amines) is 1. The third-order valence-corrected chi connectivity index (χ3v) is 3.96. The fourth-order valence-corrected chi connectivity index (χ4v) is 2.68. The zero-order valence-electron chi connectivity index (χ0n) is 11.8. The van der Waals surface area contributed by atoms with E-state index in [4.69, 9.17) is 16.1 Å². The highest BCUT2D eigenvalue weighted by Gasteiger charge is 2.33. The van der Waals surface area contributed by atoms with Crippen molar-refractivity contribution >= 4 is 17.5 Å². The molecule has 6 heteroatoms. The van der Waals surface area contributed by atoms with Crippen LogP contribution in [-0.2, 0) is 11.2 Å². The highest BCUT2D eigenvalue weighted by molar-refractivity contribution is 6.30. The van der Waals surface area contributed by atoms with E-state index in [0.29, 0.717) is 31.2 Å². The second-order valence-electron chi connectivity index (χ2n) is 5.29. The maximum atomic E-state index is 12.1. The zero-order chi connectivity index (χ0) is 14.8. The normalized spacial score (nSPS) is 18.5. The van der Waals surface area contributed by atoms with E-state index in [-0.39, 0.29) is 11.8 Å². The third-order valence-electron chi connectivity index (χ3n) is 3.71. The van der Waals surface area contributed by atoms with Gasteiger partial charge in [0, 0.05) is 37.4 Å². The van der Waals surface area contributed by atoms with Crippen molar-refractivity contribution in [2.24, 2.45) is 0 Å². The number of aryl methyl sites for hydroxylation is 1. The fraction of sp³-hybridized carbons (Fsp3) is 0.400. The van der Waals surface area contributed by atoms with Crippen molar-refractivity contribution in [2.75, 3.05) is 13.1 Å². The van der Waals surface area contributed by atoms with Crippen LogP contribution in [0.5, 0.6) is 0 Å². The van der Waals surface area contributed by atoms with Gasteiger partial charge in [-0.3, -0.25) is 4.79 Å². The van der Waals surface area contributed by atoms with Gasteiger partial charge >= 0.3 is 0 Å². The molecule has 5 nitrogen and oxygen atoms in total. The highest BCUT2D eigenvalue weighted by atomic mass is 35.5. The lowest BCUT2D eigenvalue weighted by atomic mass is 10.1. The largest absolute Gasteiger partial charge is 0.342 e. The highest BCUT2D eigenvalue weighted by Crippen LogP contribution is 2.26. The molecule has 0 N–H and O–H groups in total. The summed E-state index contributed by atoms with van der Waals surface area (Å²) in [4.78, 5) is 18.1. The predicted molar refractivity (Wildman–Crippen MR) is 78.1 cm³/mol. The van der Waals surface area contributed by atoms with Crippen LogP contribution < -0.4 is 0 Å². The average Bonchev–Trinajstić information content (AvgIpc) is 3.05. The summed E-state index contributed by atoms with van der Waals surface area (Å²) in [6, 6.07) is 7.72. The first-order valence-corrected chi connectivity index (χ1v) is 7.32. The molecule has 110 valence electrons. The molecule has 1 aromatic carbocycles. The quantitative estimate of drug-likeness (QED) is 0.871. The molecule has 3 rings (SSSR count). The monoisotopic (exact) mass is 305 g/mol. The molecule has 1 atom stereocenters. The first-order valence-electron chi connectivity index (χ1n) is 6.94. The predicted octanol–water partition coefficient (Wildman–Crippen LogP) is 2.59. The van der Waals surface area contributed by atoms with Gasteiger partial charge in [-0.1, -0.05) is 28.9 Å². The van der Waals surface area contributed by atoms with Crippen LogP contribution in [0.15, 0.2) is 28.8 Å². The first kappa shape index (κ1) is 14.1. The summed E-state index contributed by atoms with van der Waals surface area (Å²) >= 11 is 5.86. The fourth-order valence-electron chi connectivity index (χ4n) is 2.56. The Hall–Kier alpha value is -1.88. The van der Waals surface area contributed by atoms with Crippen molar-refractivity contribution in [3.8, 4) is 0 Å². The molecular weight excluding hydrogens is 290 g/mol. The third kappa shape index (κ3) is 3.24. The summed E-state index contributed by atoms with van der Waals surface area (Å²) in [6.45, 7) is 3.12. The number of hydrogen-bond acceptors (Lipinski definition) is 4. The second kappa shape index (κ2) is 5.85. The molecule has 1 unspecified atom stereocenters. The molecule has 1 saturated heterocycles. The number of carbonyl (C=O) groups is 1. The molecule has 2 aromatic rings. The minimum absolute atomic E-state index is 0.0418. The number of hydrogen-bond donors (Lipinski definition) is 0. The van der Waals surface area contributed by atoms with Gasteiger partial charge in [-0.05, 0) is 24.1 Å². The molecule has 0 bridgehead atoms. The van der Waals surface area contributed by atoms with Gasteiger partial charge in [-0.2, -0.15) is 4.98 Å². The lowest BCUT2D eigenvalue weighted by molar-refractivity contribution is -0.127. The first-order chi connectivity index (χ1) is 10.1. The van der Waals surface area contributed by atoms with Gasteiger partial charge < -0.3 is 9.42 Å². The van der Waals surface area contributed by atoms with E-state index in [0.717, 1.165) is 11.4 Å². The average molecular weight is 306 g/mol. The van der Waals surface area contributed by atoms with Gasteiger partial charge in [-0.15, -0.1) is 0 Å². The van der Waals surface area contributed by atoms with Crippen LogP contribution in [0.1, 0.15) is 29.6 Å². The van der Waals surface area contributed by atoms with Crippen LogP contribution in [-0.4, -0.2) is 34.0 Å². The van der Waals surface area contributed by atoms with Crippen molar-refractivity contribution in [1.29, 1.82) is 0 Å². The van der Waals surface area contributed by atoms with E-state index in [1.54, 1.807) is 6.92 Å². The standard InChI is InChI=1S/C15H16ClN3O2/c1-10-17-15(18-21-10)12-8-14(20)19(9-12)7-6-11-2-4-13(16)5-3-11/h2-5,12H,6-9H2,1H3. The van der Waals surface area contributed by atoms with Crippen molar-refractivity contribution in [3.63, 3.8) is 0 Å². The number of rotatable bonds is 4. The van der Waals surface area contributed by atoms with Crippen molar-refractivity contribution < 1.29 is 9.32 Å². The summed E-state index contributed by atoms with van der Waals surface area (Å²) in [5.74, 6) is 1.36. The van der Waals surface area contributed by atoms with Gasteiger partial charge in [0.2, 0.25) is 11.8 Å². The van der Waals surface area contributed by atoms with E-state index in [2.05, 4.69) is 10.1 Å². The van der Waals surface area contributed by atoms with Gasteiger partial charge in [0.15, 0.2) is 5.82 Å². The molecular formula is C15H16ClN3O2. The molecule has 21 heavy (non-hydrogen) atoms. The Balaban J connectivity index is 1.59. The van der Waals surface area contributed by atoms with Crippen LogP contribution in [0.4, 0.5) is 0 Å². The number of aromatic nitrogens is 2. The summed E-state index contributed by atoms with van der Waals surface area (Å²) in [5.41, 5.74) is 1.17. The molecule has 2 heterocycles.